The Bertz CT molecular complexity index is 1120. The van der Waals surface area contributed by atoms with Gasteiger partial charge in [0.15, 0.2) is 5.78 Å². The molecule has 1 fully saturated rings. The number of Topliss-reactive ketones (excluding diaryl/α,β-unsaturated/α-hetero) is 1. The molecular formula is C25H28N2O. The second kappa shape index (κ2) is 6.59. The van der Waals surface area contributed by atoms with E-state index >= 15 is 0 Å². The van der Waals surface area contributed by atoms with Gasteiger partial charge in [0.05, 0.1) is 0 Å². The van der Waals surface area contributed by atoms with Crippen molar-refractivity contribution in [3.8, 4) is 0 Å². The minimum Gasteiger partial charge on any atom is -0.340 e. The molecule has 28 heavy (non-hydrogen) atoms. The number of rotatable bonds is 4. The highest BCUT2D eigenvalue weighted by Gasteiger charge is 2.24. The van der Waals surface area contributed by atoms with E-state index in [0.29, 0.717) is 6.04 Å². The number of carbonyl (C=O) groups excluding carboxylic acids is 1. The lowest BCUT2D eigenvalue weighted by atomic mass is 10.0. The van der Waals surface area contributed by atoms with Crippen molar-refractivity contribution in [1.29, 1.82) is 0 Å². The number of aromatic nitrogens is 1. The lowest BCUT2D eigenvalue weighted by molar-refractivity contribution is 0.101. The molecule has 0 radical (unpaired) electrons. The normalized spacial score (nSPS) is 19.8. The van der Waals surface area contributed by atoms with Gasteiger partial charge in [0.2, 0.25) is 0 Å². The summed E-state index contributed by atoms with van der Waals surface area (Å²) in [5.41, 5.74) is 7.35. The van der Waals surface area contributed by atoms with E-state index in [9.17, 15) is 4.79 Å². The first-order valence-corrected chi connectivity index (χ1v) is 10.5. The number of hydrogen-bond donors (Lipinski definition) is 0. The van der Waals surface area contributed by atoms with Crippen LogP contribution in [-0.4, -0.2) is 34.9 Å². The molecule has 1 saturated heterocycles. The van der Waals surface area contributed by atoms with E-state index in [1.807, 2.05) is 6.07 Å². The summed E-state index contributed by atoms with van der Waals surface area (Å²) in [5.74, 6) is 0.132. The summed E-state index contributed by atoms with van der Waals surface area (Å²) >= 11 is 0. The number of ketones is 1. The number of hydrogen-bond acceptors (Lipinski definition) is 2. The summed E-state index contributed by atoms with van der Waals surface area (Å²) in [5, 5.41) is 2.57. The van der Waals surface area contributed by atoms with Crippen LogP contribution in [0.3, 0.4) is 0 Å². The molecule has 2 aliphatic rings. The molecule has 3 aromatic rings. The number of nitrogens with zero attached hydrogens (tertiary/aromatic N) is 2. The van der Waals surface area contributed by atoms with Crippen LogP contribution in [0.25, 0.3) is 27.4 Å². The Morgan fingerprint density at radius 1 is 1.18 bits per heavy atom. The van der Waals surface area contributed by atoms with Gasteiger partial charge in [0, 0.05) is 40.0 Å². The third kappa shape index (κ3) is 2.64. The van der Waals surface area contributed by atoms with Gasteiger partial charge in [-0.1, -0.05) is 12.6 Å². The van der Waals surface area contributed by atoms with Crippen LogP contribution in [0, 0.1) is 0 Å². The SMILES string of the molecule is C=C1CCc2c1ccc1c2c2cc(C(C)=O)ccc2n1CC[C@@H]1CCCN1C. The summed E-state index contributed by atoms with van der Waals surface area (Å²) in [6.45, 7) is 8.16. The summed E-state index contributed by atoms with van der Waals surface area (Å²) in [4.78, 5) is 14.5. The lowest BCUT2D eigenvalue weighted by Crippen LogP contribution is -2.26. The van der Waals surface area contributed by atoms with E-state index in [0.717, 1.165) is 24.9 Å². The maximum atomic E-state index is 12.0. The van der Waals surface area contributed by atoms with Crippen LogP contribution in [0.15, 0.2) is 36.9 Å². The molecule has 3 nitrogen and oxygen atoms in total. The summed E-state index contributed by atoms with van der Waals surface area (Å²) in [6.07, 6.45) is 5.89. The van der Waals surface area contributed by atoms with Gasteiger partial charge in [0.1, 0.15) is 0 Å². The number of likely N-dealkylation sites (tertiary alicyclic amines) is 1. The number of aryl methyl sites for hydroxylation is 2. The quantitative estimate of drug-likeness (QED) is 0.570. The molecule has 2 heterocycles. The largest absolute Gasteiger partial charge is 0.340 e. The fourth-order valence-electron chi connectivity index (χ4n) is 5.35. The molecule has 0 bridgehead atoms. The third-order valence-corrected chi connectivity index (χ3v) is 6.96. The highest BCUT2D eigenvalue weighted by Crippen LogP contribution is 2.41. The van der Waals surface area contributed by atoms with Gasteiger partial charge in [0.25, 0.3) is 0 Å². The van der Waals surface area contributed by atoms with E-state index in [4.69, 9.17) is 0 Å². The zero-order valence-electron chi connectivity index (χ0n) is 16.9. The molecule has 144 valence electrons. The molecule has 1 aliphatic carbocycles. The number of allylic oxidation sites excluding steroid dienone is 1. The van der Waals surface area contributed by atoms with Crippen molar-refractivity contribution in [2.45, 2.75) is 51.6 Å². The van der Waals surface area contributed by atoms with Crippen LogP contribution < -0.4 is 0 Å². The Balaban J connectivity index is 1.70. The molecule has 0 unspecified atom stereocenters. The second-order valence-electron chi connectivity index (χ2n) is 8.59. The standard InChI is InChI=1S/C25H28N2O/c1-16-6-8-21-20(16)9-11-24-25(21)22-15-18(17(2)28)7-10-23(22)27(24)14-12-19-5-4-13-26(19)3/h7,9-11,15,19H,1,4-6,8,12-14H2,2-3H3/t19-/m0/s1. The average Bonchev–Trinajstić information content (AvgIpc) is 3.35. The Hall–Kier alpha value is -2.39. The summed E-state index contributed by atoms with van der Waals surface area (Å²) < 4.78 is 2.49. The molecule has 0 N–H and O–H groups in total. The van der Waals surface area contributed by atoms with E-state index in [2.05, 4.69) is 47.4 Å². The van der Waals surface area contributed by atoms with E-state index in [-0.39, 0.29) is 5.78 Å². The smallest absolute Gasteiger partial charge is 0.159 e. The number of carbonyl (C=O) groups is 1. The van der Waals surface area contributed by atoms with E-state index in [1.165, 1.54) is 64.3 Å². The van der Waals surface area contributed by atoms with Gasteiger partial charge in [-0.05, 0) is 93.6 Å². The van der Waals surface area contributed by atoms with Crippen LogP contribution in [0.2, 0.25) is 0 Å². The van der Waals surface area contributed by atoms with Crippen molar-refractivity contribution in [3.05, 3.63) is 53.6 Å². The zero-order chi connectivity index (χ0) is 19.4. The van der Waals surface area contributed by atoms with Crippen molar-refractivity contribution in [2.24, 2.45) is 0 Å². The van der Waals surface area contributed by atoms with Crippen molar-refractivity contribution in [2.75, 3.05) is 13.6 Å². The highest BCUT2D eigenvalue weighted by molar-refractivity contribution is 6.13. The average molecular weight is 373 g/mol. The van der Waals surface area contributed by atoms with Gasteiger partial charge in [-0.2, -0.15) is 0 Å². The molecule has 5 rings (SSSR count). The Kier molecular flexibility index (Phi) is 4.17. The number of fused-ring (bicyclic) bond motifs is 5. The topological polar surface area (TPSA) is 25.2 Å². The molecule has 1 aliphatic heterocycles. The van der Waals surface area contributed by atoms with Gasteiger partial charge in [-0.3, -0.25) is 4.79 Å². The monoisotopic (exact) mass is 372 g/mol. The molecule has 3 heteroatoms. The predicted molar refractivity (Wildman–Crippen MR) is 117 cm³/mol. The lowest BCUT2D eigenvalue weighted by Gasteiger charge is -2.20. The van der Waals surface area contributed by atoms with Gasteiger partial charge in [-0.15, -0.1) is 0 Å². The maximum absolute atomic E-state index is 12.0. The Morgan fingerprint density at radius 2 is 2.00 bits per heavy atom. The van der Waals surface area contributed by atoms with Crippen LogP contribution in [0.5, 0.6) is 0 Å². The van der Waals surface area contributed by atoms with Crippen LogP contribution >= 0.6 is 0 Å². The number of benzene rings is 2. The third-order valence-electron chi connectivity index (χ3n) is 6.96. The van der Waals surface area contributed by atoms with Crippen molar-refractivity contribution in [3.63, 3.8) is 0 Å². The van der Waals surface area contributed by atoms with Gasteiger partial charge >= 0.3 is 0 Å². The Morgan fingerprint density at radius 3 is 2.75 bits per heavy atom. The fraction of sp³-hybridized carbons (Fsp3) is 0.400. The molecule has 1 aromatic heterocycles. The van der Waals surface area contributed by atoms with Crippen LogP contribution in [-0.2, 0) is 13.0 Å². The van der Waals surface area contributed by atoms with E-state index in [1.54, 1.807) is 6.92 Å². The molecule has 2 aromatic carbocycles. The predicted octanol–water partition coefficient (Wildman–Crippen LogP) is 5.44. The van der Waals surface area contributed by atoms with Gasteiger partial charge in [-0.25, -0.2) is 0 Å². The van der Waals surface area contributed by atoms with Crippen molar-refractivity contribution in [1.82, 2.24) is 9.47 Å². The molecular weight excluding hydrogens is 344 g/mol. The van der Waals surface area contributed by atoms with Crippen LogP contribution in [0.1, 0.15) is 54.1 Å². The molecule has 1 atom stereocenters. The van der Waals surface area contributed by atoms with Crippen molar-refractivity contribution >= 4 is 33.2 Å². The first kappa shape index (κ1) is 17.7. The minimum absolute atomic E-state index is 0.132. The van der Waals surface area contributed by atoms with Crippen molar-refractivity contribution < 1.29 is 4.79 Å². The summed E-state index contributed by atoms with van der Waals surface area (Å²) in [7, 11) is 2.25. The molecule has 0 saturated carbocycles. The zero-order valence-corrected chi connectivity index (χ0v) is 16.9. The second-order valence-corrected chi connectivity index (χ2v) is 8.59. The van der Waals surface area contributed by atoms with E-state index < -0.39 is 0 Å². The maximum Gasteiger partial charge on any atom is 0.159 e. The first-order valence-electron chi connectivity index (χ1n) is 10.5. The highest BCUT2D eigenvalue weighted by atomic mass is 16.1. The Labute approximate surface area is 166 Å². The van der Waals surface area contributed by atoms with Gasteiger partial charge < -0.3 is 9.47 Å². The summed E-state index contributed by atoms with van der Waals surface area (Å²) in [6, 6.07) is 11.5. The fourth-order valence-corrected chi connectivity index (χ4v) is 5.35. The minimum atomic E-state index is 0.132. The molecule has 0 amide bonds. The molecule has 0 spiro atoms. The first-order chi connectivity index (χ1) is 13.5. The van der Waals surface area contributed by atoms with Crippen LogP contribution in [0.4, 0.5) is 0 Å².